The van der Waals surface area contributed by atoms with Crippen molar-refractivity contribution in [2.45, 2.75) is 31.5 Å². The molecule has 0 aromatic rings. The largest absolute Gasteiger partial charge is 0.389 e. The van der Waals surface area contributed by atoms with Crippen molar-refractivity contribution in [2.24, 2.45) is 0 Å². The summed E-state index contributed by atoms with van der Waals surface area (Å²) in [5, 5.41) is 9.06. The Labute approximate surface area is 95.3 Å². The van der Waals surface area contributed by atoms with Crippen molar-refractivity contribution in [3.63, 3.8) is 0 Å². The fourth-order valence-electron chi connectivity index (χ4n) is 1.97. The van der Waals surface area contributed by atoms with E-state index in [1.54, 1.807) is 4.90 Å². The molecule has 1 N–H and O–H groups in total. The number of hydrogen-bond acceptors (Lipinski definition) is 4. The number of carbonyl (C=O) groups is 1. The summed E-state index contributed by atoms with van der Waals surface area (Å²) in [5.74, 6) is 0.0809. The SMILES string of the molecule is O=C(CCOC1CCOCC1)N1CC(O)C1. The quantitative estimate of drug-likeness (QED) is 0.724. The molecule has 2 fully saturated rings. The maximum atomic E-state index is 11.5. The summed E-state index contributed by atoms with van der Waals surface area (Å²) in [5.41, 5.74) is 0. The Balaban J connectivity index is 1.55. The van der Waals surface area contributed by atoms with Crippen molar-refractivity contribution in [1.82, 2.24) is 4.90 Å². The fourth-order valence-corrected chi connectivity index (χ4v) is 1.97. The number of likely N-dealkylation sites (tertiary alicyclic amines) is 1. The zero-order chi connectivity index (χ0) is 11.4. The van der Waals surface area contributed by atoms with Gasteiger partial charge in [-0.05, 0) is 12.8 Å². The molecule has 16 heavy (non-hydrogen) atoms. The van der Waals surface area contributed by atoms with Gasteiger partial charge in [0.1, 0.15) is 0 Å². The van der Waals surface area contributed by atoms with Crippen LogP contribution in [0.1, 0.15) is 19.3 Å². The van der Waals surface area contributed by atoms with Gasteiger partial charge in [0.15, 0.2) is 0 Å². The number of β-amino-alcohol motifs (C(OH)–C–C–N with tert-alkyl or cyclic N) is 1. The lowest BCUT2D eigenvalue weighted by Crippen LogP contribution is -2.53. The second-order valence-corrected chi connectivity index (χ2v) is 4.39. The van der Waals surface area contributed by atoms with Crippen LogP contribution >= 0.6 is 0 Å². The molecule has 0 aromatic carbocycles. The summed E-state index contributed by atoms with van der Waals surface area (Å²) in [4.78, 5) is 13.2. The summed E-state index contributed by atoms with van der Waals surface area (Å²) in [6.07, 6.45) is 2.21. The second kappa shape index (κ2) is 5.61. The third-order valence-corrected chi connectivity index (χ3v) is 3.05. The summed E-state index contributed by atoms with van der Waals surface area (Å²) in [6, 6.07) is 0. The molecule has 92 valence electrons. The van der Waals surface area contributed by atoms with Gasteiger partial charge < -0.3 is 19.5 Å². The highest BCUT2D eigenvalue weighted by molar-refractivity contribution is 5.77. The Bertz CT molecular complexity index is 234. The van der Waals surface area contributed by atoms with E-state index in [4.69, 9.17) is 14.6 Å². The standard InChI is InChI=1S/C11H19NO4/c13-9-7-12(8-9)11(14)3-6-16-10-1-4-15-5-2-10/h9-10,13H,1-8H2. The molecule has 2 heterocycles. The molecule has 2 saturated heterocycles. The van der Waals surface area contributed by atoms with Crippen LogP contribution in [0.5, 0.6) is 0 Å². The molecule has 0 aliphatic carbocycles. The molecule has 2 aliphatic rings. The summed E-state index contributed by atoms with van der Waals surface area (Å²) >= 11 is 0. The molecule has 0 spiro atoms. The molecule has 0 radical (unpaired) electrons. The van der Waals surface area contributed by atoms with Crippen molar-refractivity contribution in [1.29, 1.82) is 0 Å². The van der Waals surface area contributed by atoms with Crippen LogP contribution in [0, 0.1) is 0 Å². The molecule has 0 saturated carbocycles. The average molecular weight is 229 g/mol. The molecule has 2 rings (SSSR count). The van der Waals surface area contributed by atoms with Gasteiger partial charge in [0.25, 0.3) is 0 Å². The van der Waals surface area contributed by atoms with E-state index in [1.165, 1.54) is 0 Å². The van der Waals surface area contributed by atoms with Crippen LogP contribution in [0.3, 0.4) is 0 Å². The van der Waals surface area contributed by atoms with Gasteiger partial charge in [-0.1, -0.05) is 0 Å². The molecule has 2 aliphatic heterocycles. The van der Waals surface area contributed by atoms with Crippen LogP contribution in [-0.4, -0.2) is 61.0 Å². The molecule has 0 bridgehead atoms. The van der Waals surface area contributed by atoms with Crippen LogP contribution in [0.15, 0.2) is 0 Å². The third-order valence-electron chi connectivity index (χ3n) is 3.05. The van der Waals surface area contributed by atoms with Gasteiger partial charge in [-0.25, -0.2) is 0 Å². The first-order valence-corrected chi connectivity index (χ1v) is 5.91. The zero-order valence-corrected chi connectivity index (χ0v) is 9.43. The summed E-state index contributed by atoms with van der Waals surface area (Å²) in [6.45, 7) is 2.97. The molecule has 0 aromatic heterocycles. The summed E-state index contributed by atoms with van der Waals surface area (Å²) in [7, 11) is 0. The van der Waals surface area contributed by atoms with E-state index in [-0.39, 0.29) is 18.1 Å². The maximum Gasteiger partial charge on any atom is 0.225 e. The number of aliphatic hydroxyl groups is 1. The molecule has 0 atom stereocenters. The molecular weight excluding hydrogens is 210 g/mol. The Morgan fingerprint density at radius 2 is 2.06 bits per heavy atom. The average Bonchev–Trinajstić information content (AvgIpc) is 2.26. The number of nitrogens with zero attached hydrogens (tertiary/aromatic N) is 1. The first kappa shape index (κ1) is 11.8. The molecule has 5 heteroatoms. The van der Waals surface area contributed by atoms with Gasteiger partial charge in [-0.2, -0.15) is 0 Å². The Hall–Kier alpha value is -0.650. The molecule has 1 amide bonds. The second-order valence-electron chi connectivity index (χ2n) is 4.39. The number of ether oxygens (including phenoxy) is 2. The predicted molar refractivity (Wildman–Crippen MR) is 57.0 cm³/mol. The Morgan fingerprint density at radius 1 is 1.38 bits per heavy atom. The first-order chi connectivity index (χ1) is 7.75. The van der Waals surface area contributed by atoms with Gasteiger partial charge in [0.2, 0.25) is 5.91 Å². The minimum Gasteiger partial charge on any atom is -0.389 e. The van der Waals surface area contributed by atoms with Crippen LogP contribution in [0.2, 0.25) is 0 Å². The smallest absolute Gasteiger partial charge is 0.225 e. The van der Waals surface area contributed by atoms with Crippen LogP contribution < -0.4 is 0 Å². The van der Waals surface area contributed by atoms with Gasteiger partial charge >= 0.3 is 0 Å². The summed E-state index contributed by atoms with van der Waals surface area (Å²) < 4.78 is 10.8. The van der Waals surface area contributed by atoms with E-state index in [1.807, 2.05) is 0 Å². The maximum absolute atomic E-state index is 11.5. The van der Waals surface area contributed by atoms with Crippen molar-refractivity contribution in [3.05, 3.63) is 0 Å². The van der Waals surface area contributed by atoms with Crippen molar-refractivity contribution >= 4 is 5.91 Å². The lowest BCUT2D eigenvalue weighted by molar-refractivity contribution is -0.143. The molecule has 5 nitrogen and oxygen atoms in total. The third kappa shape index (κ3) is 3.17. The van der Waals surface area contributed by atoms with E-state index >= 15 is 0 Å². The highest BCUT2D eigenvalue weighted by Gasteiger charge is 2.28. The zero-order valence-electron chi connectivity index (χ0n) is 9.43. The van der Waals surface area contributed by atoms with E-state index in [2.05, 4.69) is 0 Å². The first-order valence-electron chi connectivity index (χ1n) is 5.91. The normalized spacial score (nSPS) is 23.2. The van der Waals surface area contributed by atoms with Crippen LogP contribution in [0.4, 0.5) is 0 Å². The van der Waals surface area contributed by atoms with E-state index in [9.17, 15) is 4.79 Å². The van der Waals surface area contributed by atoms with Crippen molar-refractivity contribution < 1.29 is 19.4 Å². The van der Waals surface area contributed by atoms with Crippen LogP contribution in [0.25, 0.3) is 0 Å². The van der Waals surface area contributed by atoms with Gasteiger partial charge in [0, 0.05) is 26.3 Å². The lowest BCUT2D eigenvalue weighted by atomic mass is 10.1. The number of carbonyl (C=O) groups excluding carboxylic acids is 1. The van der Waals surface area contributed by atoms with Crippen molar-refractivity contribution in [3.8, 4) is 0 Å². The van der Waals surface area contributed by atoms with E-state index in [0.717, 1.165) is 26.1 Å². The van der Waals surface area contributed by atoms with Crippen LogP contribution in [-0.2, 0) is 14.3 Å². The fraction of sp³-hybridized carbons (Fsp3) is 0.909. The predicted octanol–water partition coefficient (Wildman–Crippen LogP) is -0.225. The van der Waals surface area contributed by atoms with E-state index < -0.39 is 0 Å². The topological polar surface area (TPSA) is 59.0 Å². The Kier molecular flexibility index (Phi) is 4.15. The van der Waals surface area contributed by atoms with Crippen molar-refractivity contribution in [2.75, 3.05) is 32.9 Å². The number of rotatable bonds is 4. The van der Waals surface area contributed by atoms with Gasteiger partial charge in [-0.15, -0.1) is 0 Å². The van der Waals surface area contributed by atoms with E-state index in [0.29, 0.717) is 26.1 Å². The minimum absolute atomic E-state index is 0.0809. The molecule has 0 unspecified atom stereocenters. The number of amides is 1. The number of hydrogen-bond donors (Lipinski definition) is 1. The van der Waals surface area contributed by atoms with Gasteiger partial charge in [-0.3, -0.25) is 4.79 Å². The lowest BCUT2D eigenvalue weighted by Gasteiger charge is -2.36. The monoisotopic (exact) mass is 229 g/mol. The highest BCUT2D eigenvalue weighted by Crippen LogP contribution is 2.12. The minimum atomic E-state index is -0.319. The molecular formula is C11H19NO4. The highest BCUT2D eigenvalue weighted by atomic mass is 16.5. The van der Waals surface area contributed by atoms with Gasteiger partial charge in [0.05, 0.1) is 25.2 Å². The Morgan fingerprint density at radius 3 is 2.69 bits per heavy atom. The number of aliphatic hydroxyl groups excluding tert-OH is 1.